The lowest BCUT2D eigenvalue weighted by atomic mass is 9.68. The lowest BCUT2D eigenvalue weighted by Crippen LogP contribution is -2.66. The van der Waals surface area contributed by atoms with Gasteiger partial charge in [0.05, 0.1) is 35.6 Å². The number of methoxy groups -OCH3 is 1. The van der Waals surface area contributed by atoms with Crippen LogP contribution in [0.4, 0.5) is 25.0 Å². The zero-order chi connectivity index (χ0) is 40.6. The molecule has 7 atom stereocenters. The molecule has 13 nitrogen and oxygen atoms in total. The molecule has 2 saturated heterocycles. The first kappa shape index (κ1) is 41.4. The first-order valence-electron chi connectivity index (χ1n) is 17.8. The van der Waals surface area contributed by atoms with Crippen molar-refractivity contribution in [3.8, 4) is 5.75 Å². The fraction of sp³-hybridized carbons (Fsp3) is 0.487. The molecule has 2 fully saturated rings. The van der Waals surface area contributed by atoms with Crippen molar-refractivity contribution in [2.75, 3.05) is 31.8 Å². The summed E-state index contributed by atoms with van der Waals surface area (Å²) in [4.78, 5) is 55.6. The molecule has 2 aromatic rings. The Morgan fingerprint density at radius 2 is 1.91 bits per heavy atom. The number of alkyl carbamates (subject to hydrolysis) is 1. The van der Waals surface area contributed by atoms with Crippen LogP contribution >= 0.6 is 11.6 Å². The molecule has 4 bridgehead atoms. The van der Waals surface area contributed by atoms with Gasteiger partial charge in [-0.1, -0.05) is 49.2 Å². The molecule has 0 unspecified atom stereocenters. The number of nitrogen functional groups attached to an aromatic ring is 1. The van der Waals surface area contributed by atoms with Gasteiger partial charge in [-0.05, 0) is 50.5 Å². The molecular weight excluding hydrogens is 742 g/mol. The Morgan fingerprint density at radius 3 is 2.60 bits per heavy atom. The molecule has 298 valence electrons. The SMILES string of the molecule is COc1cc2cc(c1Cl)N(C)C(=O)CC[C@@]1(C)[C@H](OC(=O)[C@H](C)N(C)C(=O)c3cc(F)c(N)cc3F)O[C@H]1[C@H](C)[C@@H]1C[C@](O)(C/C=C/C=C(\C)C2)NC(=O)O1. The minimum absolute atomic E-state index is 0.00532. The summed E-state index contributed by atoms with van der Waals surface area (Å²) in [5.74, 6) is -4.48. The lowest BCUT2D eigenvalue weighted by molar-refractivity contribution is -0.353. The maximum Gasteiger partial charge on any atom is 0.409 e. The highest BCUT2D eigenvalue weighted by Gasteiger charge is 2.60. The molecule has 16 heteroatoms. The average molecular weight is 789 g/mol. The third kappa shape index (κ3) is 8.58. The van der Waals surface area contributed by atoms with E-state index in [1.807, 2.05) is 19.1 Å². The van der Waals surface area contributed by atoms with Gasteiger partial charge >= 0.3 is 12.1 Å². The summed E-state index contributed by atoms with van der Waals surface area (Å²) in [6.07, 6.45) is 2.40. The number of hydrogen-bond donors (Lipinski definition) is 3. The monoisotopic (exact) mass is 788 g/mol. The van der Waals surface area contributed by atoms with Gasteiger partial charge in [0.1, 0.15) is 40.3 Å². The molecule has 3 aliphatic rings. The van der Waals surface area contributed by atoms with Crippen LogP contribution in [0.25, 0.3) is 0 Å². The number of carbonyl (C=O) groups is 4. The number of ether oxygens (including phenoxy) is 4. The molecular formula is C39H47ClF2N4O9. The van der Waals surface area contributed by atoms with Crippen LogP contribution in [-0.2, 0) is 30.2 Å². The topological polar surface area (TPSA) is 170 Å². The van der Waals surface area contributed by atoms with E-state index in [1.165, 1.54) is 26.0 Å². The van der Waals surface area contributed by atoms with Crippen LogP contribution in [0.1, 0.15) is 69.3 Å². The average Bonchev–Trinajstić information content (AvgIpc) is 3.13. The van der Waals surface area contributed by atoms with Crippen molar-refractivity contribution in [2.45, 2.75) is 90.1 Å². The highest BCUT2D eigenvalue weighted by Crippen LogP contribution is 2.51. The summed E-state index contributed by atoms with van der Waals surface area (Å²) in [6.45, 7) is 6.82. The highest BCUT2D eigenvalue weighted by atomic mass is 35.5. The number of nitrogens with one attached hydrogen (secondary N) is 1. The second-order valence-electron chi connectivity index (χ2n) is 14.8. The summed E-state index contributed by atoms with van der Waals surface area (Å²) < 4.78 is 51.9. The number of esters is 1. The number of allylic oxidation sites excluding steroid dienone is 3. The van der Waals surface area contributed by atoms with Gasteiger partial charge in [0.15, 0.2) is 0 Å². The zero-order valence-electron chi connectivity index (χ0n) is 31.8. The molecule has 5 rings (SSSR count). The van der Waals surface area contributed by atoms with Crippen LogP contribution in [0.15, 0.2) is 48.1 Å². The van der Waals surface area contributed by atoms with Gasteiger partial charge in [0.25, 0.3) is 5.91 Å². The largest absolute Gasteiger partial charge is 0.495 e. The van der Waals surface area contributed by atoms with E-state index >= 15 is 0 Å². The van der Waals surface area contributed by atoms with E-state index in [4.69, 9.17) is 36.3 Å². The predicted molar refractivity (Wildman–Crippen MR) is 199 cm³/mol. The van der Waals surface area contributed by atoms with E-state index in [9.17, 15) is 33.1 Å². The van der Waals surface area contributed by atoms with Crippen LogP contribution in [0.3, 0.4) is 0 Å². The molecule has 0 saturated carbocycles. The van der Waals surface area contributed by atoms with E-state index in [0.717, 1.165) is 16.0 Å². The van der Waals surface area contributed by atoms with Crippen LogP contribution < -0.4 is 20.7 Å². The molecule has 3 amide bonds. The maximum atomic E-state index is 14.6. The Labute approximate surface area is 323 Å². The minimum Gasteiger partial charge on any atom is -0.495 e. The molecule has 4 N–H and O–H groups in total. The first-order valence-corrected chi connectivity index (χ1v) is 18.2. The normalized spacial score (nSPS) is 29.3. The second-order valence-corrected chi connectivity index (χ2v) is 15.2. The number of hydrogen-bond acceptors (Lipinski definition) is 10. The van der Waals surface area contributed by atoms with Gasteiger partial charge in [-0.2, -0.15) is 0 Å². The molecule has 3 aliphatic heterocycles. The molecule has 0 aliphatic carbocycles. The van der Waals surface area contributed by atoms with Crippen LogP contribution in [-0.4, -0.2) is 85.4 Å². The summed E-state index contributed by atoms with van der Waals surface area (Å²) in [5, 5.41) is 14.2. The summed E-state index contributed by atoms with van der Waals surface area (Å²) in [5.41, 5.74) is 3.82. The van der Waals surface area contributed by atoms with Crippen molar-refractivity contribution in [1.29, 1.82) is 0 Å². The highest BCUT2D eigenvalue weighted by molar-refractivity contribution is 6.35. The lowest BCUT2D eigenvalue weighted by Gasteiger charge is -2.56. The van der Waals surface area contributed by atoms with Gasteiger partial charge in [-0.25, -0.2) is 18.4 Å². The number of anilines is 2. The third-order valence-electron chi connectivity index (χ3n) is 10.8. The quantitative estimate of drug-likeness (QED) is 0.254. The van der Waals surface area contributed by atoms with Gasteiger partial charge in [-0.15, -0.1) is 0 Å². The fourth-order valence-corrected chi connectivity index (χ4v) is 7.51. The van der Waals surface area contributed by atoms with E-state index in [0.29, 0.717) is 30.0 Å². The number of likely N-dealkylation sites (N-methyl/N-ethyl adjacent to an activating group) is 1. The number of benzene rings is 2. The Morgan fingerprint density at radius 1 is 1.20 bits per heavy atom. The fourth-order valence-electron chi connectivity index (χ4n) is 7.20. The Bertz CT molecular complexity index is 1930. The van der Waals surface area contributed by atoms with E-state index in [1.54, 1.807) is 39.1 Å². The zero-order valence-corrected chi connectivity index (χ0v) is 32.5. The van der Waals surface area contributed by atoms with Gasteiger partial charge in [0, 0.05) is 45.3 Å². The minimum atomic E-state index is -1.64. The smallest absolute Gasteiger partial charge is 0.409 e. The van der Waals surface area contributed by atoms with Crippen LogP contribution in [0.5, 0.6) is 5.75 Å². The molecule has 0 radical (unpaired) electrons. The Balaban J connectivity index is 1.45. The predicted octanol–water partition coefficient (Wildman–Crippen LogP) is 5.66. The van der Waals surface area contributed by atoms with Crippen molar-refractivity contribution in [2.24, 2.45) is 11.3 Å². The Hall–Kier alpha value is -4.73. The maximum absolute atomic E-state index is 14.6. The van der Waals surface area contributed by atoms with Crippen molar-refractivity contribution in [1.82, 2.24) is 10.2 Å². The van der Waals surface area contributed by atoms with Gasteiger partial charge in [-0.3, -0.25) is 14.9 Å². The number of aliphatic hydroxyl groups is 1. The second kappa shape index (κ2) is 16.2. The number of fused-ring (bicyclic) bond motifs is 5. The number of nitrogens with zero attached hydrogens (tertiary/aromatic N) is 2. The number of halogens is 3. The Kier molecular flexibility index (Phi) is 12.2. The molecule has 0 aromatic heterocycles. The van der Waals surface area contributed by atoms with Crippen molar-refractivity contribution in [3.05, 3.63) is 75.9 Å². The molecule has 2 aromatic carbocycles. The summed E-state index contributed by atoms with van der Waals surface area (Å²) >= 11 is 6.71. The molecule has 3 heterocycles. The standard InChI is InChI=1S/C39H47ClF2N4O9/c1-20-10-8-9-12-39(51)19-30(53-37(50)44-39)21(2)33-38(4,13-11-31(47)46(6)28-15-23(14-20)16-29(52-7)32(28)40)36(54-33)55-35(49)22(3)45(5)34(48)24-17-26(42)27(43)18-25(24)41/h8-10,15-18,21-22,30,33,36,51H,11-14,19,43H2,1-7H3,(H,44,50)/b9-8+,20-10+/t21-,22+,30+,33+,36+,38-,39-/m1/s1. The van der Waals surface area contributed by atoms with Gasteiger partial charge in [0.2, 0.25) is 12.2 Å². The number of rotatable bonds is 5. The van der Waals surface area contributed by atoms with E-state index < -0.39 is 82.5 Å². The summed E-state index contributed by atoms with van der Waals surface area (Å²) in [6, 6.07) is 3.65. The molecule has 55 heavy (non-hydrogen) atoms. The number of amides is 3. The van der Waals surface area contributed by atoms with Crippen molar-refractivity contribution >= 4 is 46.9 Å². The van der Waals surface area contributed by atoms with Crippen LogP contribution in [0.2, 0.25) is 5.02 Å². The summed E-state index contributed by atoms with van der Waals surface area (Å²) in [7, 11) is 4.31. The van der Waals surface area contributed by atoms with Crippen LogP contribution in [0, 0.1) is 23.0 Å². The third-order valence-corrected chi connectivity index (χ3v) is 11.2. The molecule has 0 spiro atoms. The van der Waals surface area contributed by atoms with Crippen molar-refractivity contribution in [3.63, 3.8) is 0 Å². The van der Waals surface area contributed by atoms with E-state index in [-0.39, 0.29) is 36.6 Å². The number of nitrogens with two attached hydrogens (primary N) is 1. The van der Waals surface area contributed by atoms with E-state index in [2.05, 4.69) is 5.32 Å². The first-order chi connectivity index (χ1) is 25.8. The van der Waals surface area contributed by atoms with Crippen molar-refractivity contribution < 1.29 is 52.0 Å². The van der Waals surface area contributed by atoms with Gasteiger partial charge < -0.3 is 39.6 Å². The number of carbonyl (C=O) groups excluding carboxylic acids is 4.